The van der Waals surface area contributed by atoms with Gasteiger partial charge in [-0.1, -0.05) is 0 Å². The summed E-state index contributed by atoms with van der Waals surface area (Å²) in [6.07, 6.45) is 0.491. The van der Waals surface area contributed by atoms with Gasteiger partial charge in [-0.2, -0.15) is 4.98 Å². The Labute approximate surface area is 121 Å². The van der Waals surface area contributed by atoms with E-state index >= 15 is 0 Å². The molecular formula is C13H17N5OS. The molecule has 1 saturated heterocycles. The van der Waals surface area contributed by atoms with Gasteiger partial charge in [-0.15, -0.1) is 11.3 Å². The lowest BCUT2D eigenvalue weighted by Crippen LogP contribution is -2.23. The van der Waals surface area contributed by atoms with Gasteiger partial charge in [0.05, 0.1) is 11.4 Å². The first kappa shape index (κ1) is 13.1. The first-order chi connectivity index (χ1) is 9.65. The second kappa shape index (κ2) is 5.24. The van der Waals surface area contributed by atoms with Gasteiger partial charge in [-0.3, -0.25) is 4.79 Å². The summed E-state index contributed by atoms with van der Waals surface area (Å²) >= 11 is 1.65. The van der Waals surface area contributed by atoms with E-state index in [9.17, 15) is 4.79 Å². The lowest BCUT2D eigenvalue weighted by molar-refractivity contribution is -0.119. The number of aryl methyl sites for hydroxylation is 1. The first-order valence-corrected chi connectivity index (χ1v) is 7.52. The largest absolute Gasteiger partial charge is 0.364 e. The number of amides is 1. The van der Waals surface area contributed by atoms with Gasteiger partial charge < -0.3 is 16.0 Å². The quantitative estimate of drug-likeness (QED) is 0.799. The van der Waals surface area contributed by atoms with Crippen LogP contribution in [0.5, 0.6) is 0 Å². The van der Waals surface area contributed by atoms with Crippen LogP contribution in [0.15, 0.2) is 6.07 Å². The predicted molar refractivity (Wildman–Crippen MR) is 81.4 cm³/mol. The van der Waals surface area contributed by atoms with Crippen molar-refractivity contribution in [3.8, 4) is 0 Å². The molecule has 3 N–H and O–H groups in total. The first-order valence-electron chi connectivity index (χ1n) is 6.71. The predicted octanol–water partition coefficient (Wildman–Crippen LogP) is 1.73. The fourth-order valence-electron chi connectivity index (χ4n) is 2.29. The van der Waals surface area contributed by atoms with Crippen LogP contribution < -0.4 is 16.0 Å². The molecule has 2 aromatic rings. The van der Waals surface area contributed by atoms with Crippen LogP contribution in [0.4, 0.5) is 11.8 Å². The fourth-order valence-corrected chi connectivity index (χ4v) is 3.17. The van der Waals surface area contributed by atoms with Gasteiger partial charge in [0, 0.05) is 24.4 Å². The molecular weight excluding hydrogens is 274 g/mol. The van der Waals surface area contributed by atoms with Gasteiger partial charge in [0.15, 0.2) is 0 Å². The van der Waals surface area contributed by atoms with Gasteiger partial charge in [0.1, 0.15) is 10.6 Å². The molecule has 1 aliphatic heterocycles. The third kappa shape index (κ3) is 2.53. The third-order valence-electron chi connectivity index (χ3n) is 3.17. The van der Waals surface area contributed by atoms with Gasteiger partial charge in [-0.25, -0.2) is 4.98 Å². The van der Waals surface area contributed by atoms with E-state index in [1.54, 1.807) is 11.3 Å². The zero-order chi connectivity index (χ0) is 14.1. The molecule has 0 aliphatic carbocycles. The number of hydrogen-bond donors (Lipinski definition) is 3. The molecule has 1 aliphatic rings. The van der Waals surface area contributed by atoms with Crippen molar-refractivity contribution in [1.82, 2.24) is 15.3 Å². The minimum atomic E-state index is 0.0844. The minimum Gasteiger partial charge on any atom is -0.364 e. The SMILES string of the molecule is CCNc1nc(NC2CNC(=O)C2)c2cc(C)sc2n1. The molecule has 1 amide bonds. The molecule has 1 atom stereocenters. The van der Waals surface area contributed by atoms with Gasteiger partial charge in [0.25, 0.3) is 0 Å². The zero-order valence-corrected chi connectivity index (χ0v) is 12.3. The smallest absolute Gasteiger partial charge is 0.226 e. The Balaban J connectivity index is 1.96. The Morgan fingerprint density at radius 3 is 3.05 bits per heavy atom. The average molecular weight is 291 g/mol. The number of nitrogens with one attached hydrogen (secondary N) is 3. The summed E-state index contributed by atoms with van der Waals surface area (Å²) in [6.45, 7) is 5.49. The summed E-state index contributed by atoms with van der Waals surface area (Å²) in [7, 11) is 0. The van der Waals surface area contributed by atoms with E-state index in [4.69, 9.17) is 0 Å². The van der Waals surface area contributed by atoms with Crippen molar-refractivity contribution in [2.75, 3.05) is 23.7 Å². The lowest BCUT2D eigenvalue weighted by atomic mass is 10.2. The molecule has 106 valence electrons. The van der Waals surface area contributed by atoms with Gasteiger partial charge in [0.2, 0.25) is 11.9 Å². The minimum absolute atomic E-state index is 0.0844. The normalized spacial score (nSPS) is 18.3. The van der Waals surface area contributed by atoms with E-state index in [0.29, 0.717) is 18.9 Å². The van der Waals surface area contributed by atoms with E-state index in [-0.39, 0.29) is 11.9 Å². The molecule has 0 bridgehead atoms. The van der Waals surface area contributed by atoms with E-state index in [1.807, 2.05) is 6.92 Å². The van der Waals surface area contributed by atoms with Crippen molar-refractivity contribution in [1.29, 1.82) is 0 Å². The van der Waals surface area contributed by atoms with Crippen molar-refractivity contribution in [2.45, 2.75) is 26.3 Å². The zero-order valence-electron chi connectivity index (χ0n) is 11.5. The molecule has 6 nitrogen and oxygen atoms in total. The van der Waals surface area contributed by atoms with Crippen LogP contribution >= 0.6 is 11.3 Å². The molecule has 1 unspecified atom stereocenters. The van der Waals surface area contributed by atoms with Crippen LogP contribution in [-0.2, 0) is 4.79 Å². The molecule has 0 aromatic carbocycles. The summed E-state index contributed by atoms with van der Waals surface area (Å²) in [5, 5.41) is 10.4. The number of aromatic nitrogens is 2. The van der Waals surface area contributed by atoms with Crippen molar-refractivity contribution < 1.29 is 4.79 Å². The van der Waals surface area contributed by atoms with Crippen LogP contribution in [0.25, 0.3) is 10.2 Å². The molecule has 0 saturated carbocycles. The highest BCUT2D eigenvalue weighted by molar-refractivity contribution is 7.18. The number of rotatable bonds is 4. The third-order valence-corrected chi connectivity index (χ3v) is 4.11. The summed E-state index contributed by atoms with van der Waals surface area (Å²) in [5.41, 5.74) is 0. The van der Waals surface area contributed by atoms with E-state index in [2.05, 4.69) is 38.9 Å². The summed E-state index contributed by atoms with van der Waals surface area (Å²) in [5.74, 6) is 1.51. The Morgan fingerprint density at radius 2 is 2.35 bits per heavy atom. The second-order valence-corrected chi connectivity index (χ2v) is 6.09. The molecule has 1 fully saturated rings. The van der Waals surface area contributed by atoms with Gasteiger partial charge >= 0.3 is 0 Å². The summed E-state index contributed by atoms with van der Waals surface area (Å²) in [6, 6.07) is 2.18. The summed E-state index contributed by atoms with van der Waals surface area (Å²) < 4.78 is 0. The number of nitrogens with zero attached hydrogens (tertiary/aromatic N) is 2. The highest BCUT2D eigenvalue weighted by Crippen LogP contribution is 2.30. The highest BCUT2D eigenvalue weighted by atomic mass is 32.1. The van der Waals surface area contributed by atoms with Gasteiger partial charge in [-0.05, 0) is 19.9 Å². The molecule has 20 heavy (non-hydrogen) atoms. The number of carbonyl (C=O) groups is 1. The van der Waals surface area contributed by atoms with Crippen LogP contribution in [0.2, 0.25) is 0 Å². The Hall–Kier alpha value is -1.89. The number of hydrogen-bond acceptors (Lipinski definition) is 6. The second-order valence-electron chi connectivity index (χ2n) is 4.85. The molecule has 3 rings (SSSR count). The van der Waals surface area contributed by atoms with Crippen LogP contribution in [0, 0.1) is 6.92 Å². The maximum atomic E-state index is 11.3. The lowest BCUT2D eigenvalue weighted by Gasteiger charge is -2.13. The standard InChI is InChI=1S/C13H17N5OS/c1-3-14-13-17-11(16-8-5-10(19)15-6-8)9-4-7(2)20-12(9)18-13/h4,8H,3,5-6H2,1-2H3,(H,15,19)(H2,14,16,17,18). The topological polar surface area (TPSA) is 78.9 Å². The van der Waals surface area contributed by atoms with E-state index in [0.717, 1.165) is 22.6 Å². The molecule has 2 aromatic heterocycles. The number of thiophene rings is 1. The Kier molecular flexibility index (Phi) is 3.43. The van der Waals surface area contributed by atoms with Crippen molar-refractivity contribution in [3.05, 3.63) is 10.9 Å². The van der Waals surface area contributed by atoms with E-state index in [1.165, 1.54) is 4.88 Å². The van der Waals surface area contributed by atoms with Crippen molar-refractivity contribution >= 4 is 39.2 Å². The monoisotopic (exact) mass is 291 g/mol. The number of fused-ring (bicyclic) bond motifs is 1. The Morgan fingerprint density at radius 1 is 1.50 bits per heavy atom. The van der Waals surface area contributed by atoms with E-state index < -0.39 is 0 Å². The molecule has 7 heteroatoms. The average Bonchev–Trinajstić information content (AvgIpc) is 2.95. The van der Waals surface area contributed by atoms with Crippen molar-refractivity contribution in [3.63, 3.8) is 0 Å². The Bertz CT molecular complexity index is 653. The summed E-state index contributed by atoms with van der Waals surface area (Å²) in [4.78, 5) is 22.5. The molecule has 3 heterocycles. The maximum absolute atomic E-state index is 11.3. The van der Waals surface area contributed by atoms with Crippen LogP contribution in [-0.4, -0.2) is 35.0 Å². The molecule has 0 spiro atoms. The number of carbonyl (C=O) groups excluding carboxylic acids is 1. The number of anilines is 2. The molecule has 0 radical (unpaired) electrons. The fraction of sp³-hybridized carbons (Fsp3) is 0.462. The van der Waals surface area contributed by atoms with Crippen LogP contribution in [0.1, 0.15) is 18.2 Å². The maximum Gasteiger partial charge on any atom is 0.226 e. The van der Waals surface area contributed by atoms with Crippen molar-refractivity contribution in [2.24, 2.45) is 0 Å². The highest BCUT2D eigenvalue weighted by Gasteiger charge is 2.22. The van der Waals surface area contributed by atoms with Crippen LogP contribution in [0.3, 0.4) is 0 Å².